The molecule has 0 aliphatic carbocycles. The molecule has 0 aromatic heterocycles. The molecule has 1 aliphatic rings. The maximum atomic E-state index is 13.1. The number of hydrogen-bond acceptors (Lipinski definition) is 3. The Bertz CT molecular complexity index is 1080. The molecule has 1 N–H and O–H groups in total. The second-order valence-corrected chi connectivity index (χ2v) is 8.10. The molecule has 4 nitrogen and oxygen atoms in total. The van der Waals surface area contributed by atoms with Gasteiger partial charge in [0.15, 0.2) is 0 Å². The number of piperidine rings is 1. The highest BCUT2D eigenvalue weighted by molar-refractivity contribution is 5.73. The van der Waals surface area contributed by atoms with E-state index in [0.29, 0.717) is 30.0 Å². The van der Waals surface area contributed by atoms with Crippen LogP contribution in [0.4, 0.5) is 13.2 Å². The van der Waals surface area contributed by atoms with Crippen LogP contribution in [0, 0.1) is 0 Å². The van der Waals surface area contributed by atoms with Gasteiger partial charge < -0.3 is 9.84 Å². The van der Waals surface area contributed by atoms with Crippen LogP contribution < -0.4 is 4.74 Å². The van der Waals surface area contributed by atoms with E-state index in [1.807, 2.05) is 53.4 Å². The zero-order valence-corrected chi connectivity index (χ0v) is 17.8. The highest BCUT2D eigenvalue weighted by atomic mass is 19.4. The highest BCUT2D eigenvalue weighted by Gasteiger charge is 2.36. The number of ether oxygens (including phenoxy) is 1. The van der Waals surface area contributed by atoms with Crippen LogP contribution in [-0.2, 0) is 11.0 Å². The van der Waals surface area contributed by atoms with Crippen LogP contribution in [0.15, 0.2) is 78.9 Å². The number of rotatable bonds is 6. The molecule has 3 aromatic carbocycles. The summed E-state index contributed by atoms with van der Waals surface area (Å²) < 4.78 is 45.3. The second-order valence-electron chi connectivity index (χ2n) is 8.10. The minimum atomic E-state index is -4.44. The van der Waals surface area contributed by atoms with Gasteiger partial charge in [-0.15, -0.1) is 0 Å². The Hall–Kier alpha value is -3.32. The van der Waals surface area contributed by atoms with Crippen LogP contribution in [0.5, 0.6) is 11.5 Å². The predicted molar refractivity (Wildman–Crippen MR) is 118 cm³/mol. The van der Waals surface area contributed by atoms with E-state index in [1.165, 1.54) is 12.1 Å². The first kappa shape index (κ1) is 22.9. The normalized spacial score (nSPS) is 18.0. The molecule has 2 atom stereocenters. The lowest BCUT2D eigenvalue weighted by Gasteiger charge is -2.39. The molecule has 1 aliphatic heterocycles. The first-order valence-electron chi connectivity index (χ1n) is 10.8. The van der Waals surface area contributed by atoms with Crippen LogP contribution in [0.3, 0.4) is 0 Å². The number of halogens is 3. The molecule has 0 bridgehead atoms. The first-order chi connectivity index (χ1) is 15.8. The van der Waals surface area contributed by atoms with Gasteiger partial charge in [0.25, 0.3) is 0 Å². The van der Waals surface area contributed by atoms with Gasteiger partial charge in [0.1, 0.15) is 17.5 Å². The SMILES string of the molecule is O=C(O)C1CCCCN1C(c1ccc(C(F)(F)F)cc1)c1cccc(Oc2ccccc2)c1. The van der Waals surface area contributed by atoms with Crippen molar-refractivity contribution in [2.24, 2.45) is 0 Å². The molecule has 0 spiro atoms. The zero-order chi connectivity index (χ0) is 23.4. The summed E-state index contributed by atoms with van der Waals surface area (Å²) in [4.78, 5) is 13.9. The van der Waals surface area contributed by atoms with Gasteiger partial charge in [-0.2, -0.15) is 13.2 Å². The fraction of sp³-hybridized carbons (Fsp3) is 0.269. The molecule has 4 rings (SSSR count). The number of carboxylic acids is 1. The van der Waals surface area contributed by atoms with Crippen LogP contribution >= 0.6 is 0 Å². The standard InChI is InChI=1S/C26H24F3NO3/c27-26(28,29)20-14-12-18(13-15-20)24(30-16-5-4-11-23(30)25(31)32)19-7-6-10-22(17-19)33-21-8-2-1-3-9-21/h1-3,6-10,12-15,17,23-24H,4-5,11,16H2,(H,31,32). The van der Waals surface area contributed by atoms with E-state index in [9.17, 15) is 23.1 Å². The minimum Gasteiger partial charge on any atom is -0.480 e. The topological polar surface area (TPSA) is 49.8 Å². The lowest BCUT2D eigenvalue weighted by Crippen LogP contribution is -2.46. The summed E-state index contributed by atoms with van der Waals surface area (Å²) in [6.07, 6.45) is -2.33. The van der Waals surface area contributed by atoms with Gasteiger partial charge in [-0.1, -0.05) is 48.9 Å². The summed E-state index contributed by atoms with van der Waals surface area (Å²) in [7, 11) is 0. The predicted octanol–water partition coefficient (Wildman–Crippen LogP) is 6.53. The fourth-order valence-corrected chi connectivity index (χ4v) is 4.33. The third-order valence-corrected chi connectivity index (χ3v) is 5.87. The van der Waals surface area contributed by atoms with Crippen LogP contribution in [0.1, 0.15) is 42.0 Å². The third kappa shape index (κ3) is 5.37. The fourth-order valence-electron chi connectivity index (χ4n) is 4.33. The van der Waals surface area contributed by atoms with Gasteiger partial charge in [-0.3, -0.25) is 9.69 Å². The molecule has 1 heterocycles. The summed E-state index contributed by atoms with van der Waals surface area (Å²) in [6, 6.07) is 20.3. The van der Waals surface area contributed by atoms with E-state index in [4.69, 9.17) is 4.74 Å². The van der Waals surface area contributed by atoms with Crippen molar-refractivity contribution in [3.05, 3.63) is 95.6 Å². The molecule has 1 saturated heterocycles. The first-order valence-corrected chi connectivity index (χ1v) is 10.8. The molecule has 172 valence electrons. The molecule has 3 aromatic rings. The van der Waals surface area contributed by atoms with Crippen molar-refractivity contribution in [3.63, 3.8) is 0 Å². The van der Waals surface area contributed by atoms with Crippen molar-refractivity contribution in [2.75, 3.05) is 6.54 Å². The number of alkyl halides is 3. The van der Waals surface area contributed by atoms with Gasteiger partial charge >= 0.3 is 12.1 Å². The van der Waals surface area contributed by atoms with Gasteiger partial charge in [-0.25, -0.2) is 0 Å². The van der Waals surface area contributed by atoms with Crippen molar-refractivity contribution in [3.8, 4) is 11.5 Å². The monoisotopic (exact) mass is 455 g/mol. The Kier molecular flexibility index (Phi) is 6.70. The Labute approximate surface area is 190 Å². The van der Waals surface area contributed by atoms with Crippen molar-refractivity contribution in [2.45, 2.75) is 37.5 Å². The Morgan fingerprint density at radius 2 is 1.61 bits per heavy atom. The van der Waals surface area contributed by atoms with E-state index >= 15 is 0 Å². The maximum Gasteiger partial charge on any atom is 0.416 e. The number of hydrogen-bond donors (Lipinski definition) is 1. The average Bonchev–Trinajstić information content (AvgIpc) is 2.80. The largest absolute Gasteiger partial charge is 0.480 e. The summed E-state index contributed by atoms with van der Waals surface area (Å²) in [5.41, 5.74) is 0.629. The Balaban J connectivity index is 1.74. The molecule has 0 amide bonds. The lowest BCUT2D eigenvalue weighted by molar-refractivity contribution is -0.145. The average molecular weight is 455 g/mol. The smallest absolute Gasteiger partial charge is 0.416 e. The van der Waals surface area contributed by atoms with E-state index in [2.05, 4.69) is 0 Å². The van der Waals surface area contributed by atoms with E-state index in [0.717, 1.165) is 30.5 Å². The number of benzene rings is 3. The summed E-state index contributed by atoms with van der Waals surface area (Å²) in [5, 5.41) is 9.84. The molecule has 2 unspecified atom stereocenters. The van der Waals surface area contributed by atoms with Crippen molar-refractivity contribution < 1.29 is 27.8 Å². The quantitative estimate of drug-likeness (QED) is 0.459. The second kappa shape index (κ2) is 9.67. The number of nitrogens with zero attached hydrogens (tertiary/aromatic N) is 1. The summed E-state index contributed by atoms with van der Waals surface area (Å²) >= 11 is 0. The van der Waals surface area contributed by atoms with Crippen molar-refractivity contribution >= 4 is 5.97 Å². The van der Waals surface area contributed by atoms with Gasteiger partial charge in [0.05, 0.1) is 11.6 Å². The Morgan fingerprint density at radius 1 is 0.909 bits per heavy atom. The molecule has 33 heavy (non-hydrogen) atoms. The Morgan fingerprint density at radius 3 is 2.27 bits per heavy atom. The number of para-hydroxylation sites is 1. The maximum absolute atomic E-state index is 13.1. The van der Waals surface area contributed by atoms with Crippen molar-refractivity contribution in [1.29, 1.82) is 0 Å². The molecule has 1 fully saturated rings. The highest BCUT2D eigenvalue weighted by Crippen LogP contribution is 2.37. The summed E-state index contributed by atoms with van der Waals surface area (Å²) in [5.74, 6) is 0.296. The van der Waals surface area contributed by atoms with Crippen molar-refractivity contribution in [1.82, 2.24) is 4.90 Å². The lowest BCUT2D eigenvalue weighted by atomic mass is 9.91. The van der Waals surface area contributed by atoms with Crippen LogP contribution in [0.25, 0.3) is 0 Å². The third-order valence-electron chi connectivity index (χ3n) is 5.87. The molecule has 0 saturated carbocycles. The van der Waals surface area contributed by atoms with Crippen LogP contribution in [-0.4, -0.2) is 28.6 Å². The number of likely N-dealkylation sites (tertiary alicyclic amines) is 1. The number of aliphatic carboxylic acids is 1. The van der Waals surface area contributed by atoms with Gasteiger partial charge in [0, 0.05) is 0 Å². The van der Waals surface area contributed by atoms with Gasteiger partial charge in [-0.05, 0) is 66.9 Å². The number of carboxylic acid groups (broad SMARTS) is 1. The summed E-state index contributed by atoms with van der Waals surface area (Å²) in [6.45, 7) is 0.534. The minimum absolute atomic E-state index is 0.493. The molecule has 7 heteroatoms. The zero-order valence-electron chi connectivity index (χ0n) is 17.8. The van der Waals surface area contributed by atoms with E-state index in [-0.39, 0.29) is 0 Å². The number of carbonyl (C=O) groups is 1. The van der Waals surface area contributed by atoms with Gasteiger partial charge in [0.2, 0.25) is 0 Å². The van der Waals surface area contributed by atoms with Crippen LogP contribution in [0.2, 0.25) is 0 Å². The molecule has 0 radical (unpaired) electrons. The van der Waals surface area contributed by atoms with E-state index < -0.39 is 29.8 Å². The van der Waals surface area contributed by atoms with E-state index in [1.54, 1.807) is 6.07 Å². The molecular formula is C26H24F3NO3. The molecular weight excluding hydrogens is 431 g/mol.